The Morgan fingerprint density at radius 1 is 1.00 bits per heavy atom. The number of nitrogens with one attached hydrogen (secondary N) is 1. The van der Waals surface area contributed by atoms with Crippen LogP contribution < -0.4 is 5.32 Å². The molecular weight excluding hydrogens is 253 g/mol. The Morgan fingerprint density at radius 2 is 1.79 bits per heavy atom. The average molecular weight is 276 g/mol. The maximum absolute atomic E-state index is 12.8. The molecule has 2 nitrogen and oxygen atoms in total. The molecule has 0 aromatic heterocycles. The highest BCUT2D eigenvalue weighted by Crippen LogP contribution is 2.38. The van der Waals surface area contributed by atoms with E-state index >= 15 is 0 Å². The first kappa shape index (κ1) is 13.7. The van der Waals surface area contributed by atoms with Crippen LogP contribution in [0.25, 0.3) is 0 Å². The Kier molecular flexibility index (Phi) is 3.78. The largest absolute Gasteiger partial charge is 0.391 e. The molecule has 0 radical (unpaired) electrons. The number of halogens is 3. The first-order chi connectivity index (χ1) is 9.02. The van der Waals surface area contributed by atoms with Crippen molar-refractivity contribution in [2.75, 3.05) is 19.6 Å². The van der Waals surface area contributed by atoms with Crippen molar-refractivity contribution < 1.29 is 13.2 Å². The van der Waals surface area contributed by atoms with Gasteiger partial charge in [-0.3, -0.25) is 0 Å². The second kappa shape index (κ2) is 5.24. The van der Waals surface area contributed by atoms with E-state index in [1.807, 2.05) is 0 Å². The molecular formula is C14H23F3N2. The van der Waals surface area contributed by atoms with Crippen molar-refractivity contribution in [1.29, 1.82) is 0 Å². The average Bonchev–Trinajstić information content (AvgIpc) is 2.75. The number of alkyl halides is 3. The lowest BCUT2D eigenvalue weighted by Crippen LogP contribution is -2.50. The molecule has 5 atom stereocenters. The summed E-state index contributed by atoms with van der Waals surface area (Å²) in [6.07, 6.45) is 0.562. The van der Waals surface area contributed by atoms with Crippen LogP contribution in [0.1, 0.15) is 38.5 Å². The van der Waals surface area contributed by atoms with Crippen molar-refractivity contribution in [3.63, 3.8) is 0 Å². The number of rotatable bonds is 2. The second-order valence-electron chi connectivity index (χ2n) is 6.51. The van der Waals surface area contributed by atoms with E-state index in [0.29, 0.717) is 24.8 Å². The van der Waals surface area contributed by atoms with Gasteiger partial charge in [0, 0.05) is 18.6 Å². The summed E-state index contributed by atoms with van der Waals surface area (Å²) in [5.74, 6) is -0.414. The normalized spacial score (nSPS) is 43.4. The molecule has 19 heavy (non-hydrogen) atoms. The van der Waals surface area contributed by atoms with Gasteiger partial charge >= 0.3 is 6.18 Å². The monoisotopic (exact) mass is 276 g/mol. The summed E-state index contributed by atoms with van der Waals surface area (Å²) in [5.41, 5.74) is 0. The Balaban J connectivity index is 1.54. The van der Waals surface area contributed by atoms with Gasteiger partial charge in [0.05, 0.1) is 5.92 Å². The van der Waals surface area contributed by atoms with Crippen molar-refractivity contribution >= 4 is 0 Å². The van der Waals surface area contributed by atoms with E-state index in [1.165, 1.54) is 13.0 Å². The molecule has 5 unspecified atom stereocenters. The third-order valence-electron chi connectivity index (χ3n) is 5.22. The van der Waals surface area contributed by atoms with Crippen LogP contribution in [0, 0.1) is 11.8 Å². The molecule has 1 aliphatic carbocycles. The van der Waals surface area contributed by atoms with Gasteiger partial charge in [-0.25, -0.2) is 0 Å². The zero-order chi connectivity index (χ0) is 13.5. The summed E-state index contributed by atoms with van der Waals surface area (Å²) in [4.78, 5) is 2.47. The molecule has 3 fully saturated rings. The molecule has 3 rings (SSSR count). The number of nitrogens with zero attached hydrogens (tertiary/aromatic N) is 1. The molecule has 2 saturated heterocycles. The molecule has 3 aliphatic rings. The van der Waals surface area contributed by atoms with Crippen LogP contribution in [-0.2, 0) is 0 Å². The SMILES string of the molecule is FC(F)(F)C1CCCC(NC2CCN3CCC2C3)C1. The van der Waals surface area contributed by atoms with Gasteiger partial charge < -0.3 is 10.2 Å². The zero-order valence-corrected chi connectivity index (χ0v) is 11.3. The predicted molar refractivity (Wildman–Crippen MR) is 67.9 cm³/mol. The van der Waals surface area contributed by atoms with E-state index in [9.17, 15) is 13.2 Å². The predicted octanol–water partition coefficient (Wildman–Crippen LogP) is 2.79. The standard InChI is InChI=1S/C14H23F3N2/c15-14(16,17)11-2-1-3-12(8-11)18-13-5-7-19-6-4-10(13)9-19/h10-13,18H,1-9H2. The molecule has 110 valence electrons. The summed E-state index contributed by atoms with van der Waals surface area (Å²) in [6.45, 7) is 3.44. The maximum Gasteiger partial charge on any atom is 0.391 e. The van der Waals surface area contributed by atoms with Gasteiger partial charge in [0.2, 0.25) is 0 Å². The number of fused-ring (bicyclic) bond motifs is 2. The van der Waals surface area contributed by atoms with Gasteiger partial charge in [-0.05, 0) is 51.1 Å². The van der Waals surface area contributed by atoms with Gasteiger partial charge in [-0.2, -0.15) is 13.2 Å². The first-order valence-electron chi connectivity index (χ1n) is 7.57. The van der Waals surface area contributed by atoms with Crippen molar-refractivity contribution in [3.8, 4) is 0 Å². The van der Waals surface area contributed by atoms with Gasteiger partial charge in [-0.1, -0.05) is 6.42 Å². The summed E-state index contributed by atoms with van der Waals surface area (Å²) in [5, 5.41) is 3.56. The molecule has 2 bridgehead atoms. The van der Waals surface area contributed by atoms with Crippen LogP contribution in [-0.4, -0.2) is 42.8 Å². The molecule has 0 aromatic carbocycles. The smallest absolute Gasteiger partial charge is 0.311 e. The van der Waals surface area contributed by atoms with Crippen LogP contribution in [0.3, 0.4) is 0 Å². The summed E-state index contributed by atoms with van der Waals surface area (Å²) in [6, 6.07) is 0.535. The molecule has 5 heteroatoms. The minimum atomic E-state index is -4.00. The van der Waals surface area contributed by atoms with Gasteiger partial charge in [0.15, 0.2) is 0 Å². The van der Waals surface area contributed by atoms with Crippen LogP contribution in [0.5, 0.6) is 0 Å². The lowest BCUT2D eigenvalue weighted by Gasteiger charge is -2.37. The molecule has 1 N–H and O–H groups in total. The van der Waals surface area contributed by atoms with E-state index in [0.717, 1.165) is 25.9 Å². The fourth-order valence-corrected chi connectivity index (χ4v) is 4.11. The van der Waals surface area contributed by atoms with Crippen molar-refractivity contribution in [3.05, 3.63) is 0 Å². The maximum atomic E-state index is 12.8. The lowest BCUT2D eigenvalue weighted by molar-refractivity contribution is -0.184. The Labute approximate surface area is 112 Å². The lowest BCUT2D eigenvalue weighted by atomic mass is 9.83. The molecule has 2 heterocycles. The first-order valence-corrected chi connectivity index (χ1v) is 7.57. The van der Waals surface area contributed by atoms with E-state index in [1.54, 1.807) is 0 Å². The van der Waals surface area contributed by atoms with Gasteiger partial charge in [0.25, 0.3) is 0 Å². The zero-order valence-electron chi connectivity index (χ0n) is 11.3. The topological polar surface area (TPSA) is 15.3 Å². The molecule has 0 spiro atoms. The summed E-state index contributed by atoms with van der Waals surface area (Å²) >= 11 is 0. The van der Waals surface area contributed by atoms with Crippen molar-refractivity contribution in [1.82, 2.24) is 10.2 Å². The van der Waals surface area contributed by atoms with Crippen LogP contribution >= 0.6 is 0 Å². The van der Waals surface area contributed by atoms with E-state index in [2.05, 4.69) is 10.2 Å². The highest BCUT2D eigenvalue weighted by atomic mass is 19.4. The Hall–Kier alpha value is -0.290. The van der Waals surface area contributed by atoms with Gasteiger partial charge in [-0.15, -0.1) is 0 Å². The quantitative estimate of drug-likeness (QED) is 0.834. The van der Waals surface area contributed by atoms with Crippen LogP contribution in [0.4, 0.5) is 13.2 Å². The van der Waals surface area contributed by atoms with Crippen LogP contribution in [0.15, 0.2) is 0 Å². The molecule has 0 aromatic rings. The van der Waals surface area contributed by atoms with E-state index < -0.39 is 12.1 Å². The van der Waals surface area contributed by atoms with E-state index in [4.69, 9.17) is 0 Å². The number of piperidine rings is 1. The Morgan fingerprint density at radius 3 is 2.58 bits per heavy atom. The Bertz CT molecular complexity index is 318. The second-order valence-corrected chi connectivity index (χ2v) is 6.51. The fraction of sp³-hybridized carbons (Fsp3) is 1.00. The fourth-order valence-electron chi connectivity index (χ4n) is 4.11. The minimum Gasteiger partial charge on any atom is -0.311 e. The van der Waals surface area contributed by atoms with Crippen LogP contribution in [0.2, 0.25) is 0 Å². The minimum absolute atomic E-state index is 0.0810. The number of hydrogen-bond donors (Lipinski definition) is 1. The third-order valence-corrected chi connectivity index (χ3v) is 5.22. The van der Waals surface area contributed by atoms with E-state index in [-0.39, 0.29) is 12.5 Å². The summed E-state index contributed by atoms with van der Waals surface area (Å²) < 4.78 is 38.4. The van der Waals surface area contributed by atoms with Crippen molar-refractivity contribution in [2.45, 2.75) is 56.8 Å². The third kappa shape index (κ3) is 3.07. The summed E-state index contributed by atoms with van der Waals surface area (Å²) in [7, 11) is 0. The highest BCUT2D eigenvalue weighted by molar-refractivity contribution is 4.93. The molecule has 1 saturated carbocycles. The molecule has 2 aliphatic heterocycles. The molecule has 0 amide bonds. The highest BCUT2D eigenvalue weighted by Gasteiger charge is 2.43. The van der Waals surface area contributed by atoms with Crippen molar-refractivity contribution in [2.24, 2.45) is 11.8 Å². The number of hydrogen-bond acceptors (Lipinski definition) is 2. The van der Waals surface area contributed by atoms with Gasteiger partial charge in [0.1, 0.15) is 0 Å².